The van der Waals surface area contributed by atoms with Gasteiger partial charge in [0.05, 0.1) is 0 Å². The van der Waals surface area contributed by atoms with E-state index in [4.69, 9.17) is 5.11 Å². The van der Waals surface area contributed by atoms with Crippen molar-refractivity contribution in [1.29, 1.82) is 0 Å². The van der Waals surface area contributed by atoms with Crippen molar-refractivity contribution >= 4 is 10.9 Å². The zero-order chi connectivity index (χ0) is 11.2. The van der Waals surface area contributed by atoms with Crippen LogP contribution in [0.1, 0.15) is 12.1 Å². The number of benzene rings is 1. The average Bonchev–Trinajstić information content (AvgIpc) is 2.71. The van der Waals surface area contributed by atoms with Crippen LogP contribution in [0, 0.1) is 0 Å². The lowest BCUT2D eigenvalue weighted by Crippen LogP contribution is -2.19. The highest BCUT2D eigenvalue weighted by molar-refractivity contribution is 5.80. The Balaban J connectivity index is 1.85. The molecule has 0 saturated heterocycles. The van der Waals surface area contributed by atoms with Crippen molar-refractivity contribution in [3.63, 3.8) is 0 Å². The number of aromatic nitrogens is 1. The number of aliphatic hydroxyl groups is 1. The molecule has 3 nitrogen and oxygen atoms in total. The number of aliphatic hydroxyl groups excluding tert-OH is 1. The lowest BCUT2D eigenvalue weighted by molar-refractivity contribution is 0.286. The van der Waals surface area contributed by atoms with Crippen molar-refractivity contribution in [3.8, 4) is 0 Å². The van der Waals surface area contributed by atoms with Crippen LogP contribution in [0.5, 0.6) is 0 Å². The summed E-state index contributed by atoms with van der Waals surface area (Å²) in [5.74, 6) is 0. The third-order valence-corrected chi connectivity index (χ3v) is 2.67. The molecule has 0 aliphatic carbocycles. The molecule has 0 amide bonds. The minimum Gasteiger partial charge on any atom is -0.396 e. The van der Waals surface area contributed by atoms with E-state index in [2.05, 4.69) is 34.6 Å². The molecule has 2 aromatic rings. The predicted octanol–water partition coefficient (Wildman–Crippen LogP) is 1.68. The SMILES string of the molecule is OCCCNCCc1cc2ccccc2[nH]1. The second-order valence-electron chi connectivity index (χ2n) is 3.96. The van der Waals surface area contributed by atoms with Crippen molar-refractivity contribution in [1.82, 2.24) is 10.3 Å². The van der Waals surface area contributed by atoms with Crippen LogP contribution in [0.25, 0.3) is 10.9 Å². The second-order valence-corrected chi connectivity index (χ2v) is 3.96. The quantitative estimate of drug-likeness (QED) is 0.646. The van der Waals surface area contributed by atoms with E-state index < -0.39 is 0 Å². The molecule has 0 aliphatic rings. The first-order valence-electron chi connectivity index (χ1n) is 5.78. The molecular formula is C13H18N2O. The maximum Gasteiger partial charge on any atom is 0.0456 e. The number of H-pyrrole nitrogens is 1. The number of hydrogen-bond donors (Lipinski definition) is 3. The van der Waals surface area contributed by atoms with Gasteiger partial charge in [0.2, 0.25) is 0 Å². The Labute approximate surface area is 95.5 Å². The fourth-order valence-electron chi connectivity index (χ4n) is 1.82. The molecule has 0 saturated carbocycles. The monoisotopic (exact) mass is 218 g/mol. The molecular weight excluding hydrogens is 200 g/mol. The van der Waals surface area contributed by atoms with Gasteiger partial charge >= 0.3 is 0 Å². The molecule has 0 fully saturated rings. The van der Waals surface area contributed by atoms with E-state index in [1.165, 1.54) is 16.6 Å². The maximum absolute atomic E-state index is 8.63. The van der Waals surface area contributed by atoms with Crippen LogP contribution in [0.15, 0.2) is 30.3 Å². The Hall–Kier alpha value is -1.32. The van der Waals surface area contributed by atoms with E-state index in [1.54, 1.807) is 0 Å². The molecule has 1 aromatic carbocycles. The van der Waals surface area contributed by atoms with E-state index in [9.17, 15) is 0 Å². The highest BCUT2D eigenvalue weighted by Crippen LogP contribution is 2.14. The van der Waals surface area contributed by atoms with Crippen LogP contribution in [0.3, 0.4) is 0 Å². The number of hydrogen-bond acceptors (Lipinski definition) is 2. The van der Waals surface area contributed by atoms with Crippen LogP contribution in [-0.2, 0) is 6.42 Å². The van der Waals surface area contributed by atoms with Gasteiger partial charge in [-0.1, -0.05) is 18.2 Å². The van der Waals surface area contributed by atoms with Gasteiger partial charge in [0.1, 0.15) is 0 Å². The summed E-state index contributed by atoms with van der Waals surface area (Å²) in [6.07, 6.45) is 1.83. The Kier molecular flexibility index (Phi) is 3.97. The van der Waals surface area contributed by atoms with Gasteiger partial charge in [0, 0.05) is 24.4 Å². The lowest BCUT2D eigenvalue weighted by Gasteiger charge is -2.01. The minimum atomic E-state index is 0.263. The van der Waals surface area contributed by atoms with Gasteiger partial charge in [-0.3, -0.25) is 0 Å². The van der Waals surface area contributed by atoms with Gasteiger partial charge in [-0.2, -0.15) is 0 Å². The summed E-state index contributed by atoms with van der Waals surface area (Å²) in [7, 11) is 0. The van der Waals surface area contributed by atoms with Gasteiger partial charge in [-0.25, -0.2) is 0 Å². The van der Waals surface area contributed by atoms with Crippen molar-refractivity contribution in [2.45, 2.75) is 12.8 Å². The summed E-state index contributed by atoms with van der Waals surface area (Å²) < 4.78 is 0. The zero-order valence-corrected chi connectivity index (χ0v) is 9.37. The van der Waals surface area contributed by atoms with Gasteiger partial charge in [-0.05, 0) is 36.9 Å². The zero-order valence-electron chi connectivity index (χ0n) is 9.37. The average molecular weight is 218 g/mol. The number of nitrogens with one attached hydrogen (secondary N) is 2. The molecule has 1 heterocycles. The molecule has 3 N–H and O–H groups in total. The Bertz CT molecular complexity index is 403. The number of fused-ring (bicyclic) bond motifs is 1. The summed E-state index contributed by atoms with van der Waals surface area (Å²) in [6, 6.07) is 10.5. The van der Waals surface area contributed by atoms with Crippen molar-refractivity contribution in [3.05, 3.63) is 36.0 Å². The topological polar surface area (TPSA) is 48.0 Å². The van der Waals surface area contributed by atoms with E-state index in [-0.39, 0.29) is 6.61 Å². The normalized spacial score (nSPS) is 11.1. The smallest absolute Gasteiger partial charge is 0.0456 e. The van der Waals surface area contributed by atoms with Crippen molar-refractivity contribution < 1.29 is 5.11 Å². The third-order valence-electron chi connectivity index (χ3n) is 2.67. The van der Waals surface area contributed by atoms with E-state index in [0.717, 1.165) is 25.9 Å². The Morgan fingerprint density at radius 3 is 2.88 bits per heavy atom. The van der Waals surface area contributed by atoms with Crippen molar-refractivity contribution in [2.75, 3.05) is 19.7 Å². The molecule has 3 heteroatoms. The Morgan fingerprint density at radius 1 is 1.19 bits per heavy atom. The summed E-state index contributed by atoms with van der Waals surface area (Å²) in [4.78, 5) is 3.40. The van der Waals surface area contributed by atoms with Gasteiger partial charge in [0.15, 0.2) is 0 Å². The second kappa shape index (κ2) is 5.68. The molecule has 0 aliphatic heterocycles. The molecule has 1 aromatic heterocycles. The van der Waals surface area contributed by atoms with Gasteiger partial charge in [-0.15, -0.1) is 0 Å². The fourth-order valence-corrected chi connectivity index (χ4v) is 1.82. The summed E-state index contributed by atoms with van der Waals surface area (Å²) >= 11 is 0. The number of aromatic amines is 1. The van der Waals surface area contributed by atoms with Crippen LogP contribution in [-0.4, -0.2) is 29.8 Å². The molecule has 0 atom stereocenters. The lowest BCUT2D eigenvalue weighted by atomic mass is 10.2. The molecule has 0 unspecified atom stereocenters. The highest BCUT2D eigenvalue weighted by Gasteiger charge is 1.98. The standard InChI is InChI=1S/C13H18N2O/c16-9-3-7-14-8-6-12-10-11-4-1-2-5-13(11)15-12/h1-2,4-5,10,14-16H,3,6-9H2. The van der Waals surface area contributed by atoms with Gasteiger partial charge < -0.3 is 15.4 Å². The third kappa shape index (κ3) is 2.84. The van der Waals surface area contributed by atoms with E-state index in [0.29, 0.717) is 0 Å². The maximum atomic E-state index is 8.63. The summed E-state index contributed by atoms with van der Waals surface area (Å²) in [5, 5.41) is 13.2. The van der Waals surface area contributed by atoms with Gasteiger partial charge in [0.25, 0.3) is 0 Å². The molecule has 0 bridgehead atoms. The summed E-state index contributed by atoms with van der Waals surface area (Å²) in [6.45, 7) is 2.10. The fraction of sp³-hybridized carbons (Fsp3) is 0.385. The minimum absolute atomic E-state index is 0.263. The first-order chi connectivity index (χ1) is 7.90. The van der Waals surface area contributed by atoms with Crippen LogP contribution in [0.2, 0.25) is 0 Å². The molecule has 0 radical (unpaired) electrons. The first-order valence-corrected chi connectivity index (χ1v) is 5.78. The van der Waals surface area contributed by atoms with Crippen molar-refractivity contribution in [2.24, 2.45) is 0 Å². The number of para-hydroxylation sites is 1. The van der Waals surface area contributed by atoms with E-state index >= 15 is 0 Å². The van der Waals surface area contributed by atoms with Crippen LogP contribution < -0.4 is 5.32 Å². The van der Waals surface area contributed by atoms with Crippen LogP contribution in [0.4, 0.5) is 0 Å². The first kappa shape index (κ1) is 11.2. The predicted molar refractivity (Wildman–Crippen MR) is 66.6 cm³/mol. The largest absolute Gasteiger partial charge is 0.396 e. The molecule has 0 spiro atoms. The Morgan fingerprint density at radius 2 is 2.06 bits per heavy atom. The van der Waals surface area contributed by atoms with E-state index in [1.807, 2.05) is 6.07 Å². The highest BCUT2D eigenvalue weighted by atomic mass is 16.3. The summed E-state index contributed by atoms with van der Waals surface area (Å²) in [5.41, 5.74) is 2.46. The molecule has 16 heavy (non-hydrogen) atoms. The molecule has 86 valence electrons. The molecule has 2 rings (SSSR count). The van der Waals surface area contributed by atoms with Crippen LogP contribution >= 0.6 is 0 Å². The number of rotatable bonds is 6.